The van der Waals surface area contributed by atoms with E-state index in [1.165, 1.54) is 5.56 Å². The van der Waals surface area contributed by atoms with Crippen LogP contribution in [0.15, 0.2) is 54.6 Å². The third-order valence-corrected chi connectivity index (χ3v) is 4.81. The van der Waals surface area contributed by atoms with Crippen molar-refractivity contribution in [2.24, 2.45) is 0 Å². The Balaban J connectivity index is 1.49. The van der Waals surface area contributed by atoms with Crippen LogP contribution in [0.3, 0.4) is 0 Å². The maximum atomic E-state index is 13.8. The zero-order valence-electron chi connectivity index (χ0n) is 13.8. The van der Waals surface area contributed by atoms with Crippen LogP contribution in [0.4, 0.5) is 4.39 Å². The van der Waals surface area contributed by atoms with E-state index < -0.39 is 0 Å². The van der Waals surface area contributed by atoms with Crippen molar-refractivity contribution in [3.63, 3.8) is 0 Å². The van der Waals surface area contributed by atoms with Crippen molar-refractivity contribution in [2.45, 2.75) is 32.0 Å². The summed E-state index contributed by atoms with van der Waals surface area (Å²) in [4.78, 5) is 4.82. The molecule has 2 nitrogen and oxygen atoms in total. The first-order valence-electron chi connectivity index (χ1n) is 8.42. The van der Waals surface area contributed by atoms with Crippen molar-refractivity contribution in [1.82, 2.24) is 9.80 Å². The summed E-state index contributed by atoms with van der Waals surface area (Å²) in [6.45, 7) is 3.80. The highest BCUT2D eigenvalue weighted by Gasteiger charge is 2.22. The van der Waals surface area contributed by atoms with Gasteiger partial charge in [0.05, 0.1) is 0 Å². The summed E-state index contributed by atoms with van der Waals surface area (Å²) in [6, 6.07) is 18.4. The summed E-state index contributed by atoms with van der Waals surface area (Å²) in [5.74, 6) is -0.0872. The molecular formula is C20H25FN2. The molecule has 122 valence electrons. The number of rotatable bonds is 5. The molecule has 0 amide bonds. The summed E-state index contributed by atoms with van der Waals surface area (Å²) in [5, 5.41) is 0. The SMILES string of the molecule is CN(Cc1ccccc1)C1CCN(Cc2ccccc2F)CC1. The van der Waals surface area contributed by atoms with Gasteiger partial charge in [0.2, 0.25) is 0 Å². The van der Waals surface area contributed by atoms with Gasteiger partial charge in [0.15, 0.2) is 0 Å². The second-order valence-corrected chi connectivity index (χ2v) is 6.50. The average Bonchev–Trinajstić information content (AvgIpc) is 2.58. The van der Waals surface area contributed by atoms with Gasteiger partial charge < -0.3 is 0 Å². The van der Waals surface area contributed by atoms with Crippen LogP contribution >= 0.6 is 0 Å². The molecule has 1 heterocycles. The molecule has 0 atom stereocenters. The summed E-state index contributed by atoms with van der Waals surface area (Å²) < 4.78 is 13.8. The third kappa shape index (κ3) is 4.40. The van der Waals surface area contributed by atoms with Crippen LogP contribution in [0.25, 0.3) is 0 Å². The topological polar surface area (TPSA) is 6.48 Å². The van der Waals surface area contributed by atoms with Crippen LogP contribution in [0.5, 0.6) is 0 Å². The van der Waals surface area contributed by atoms with Gasteiger partial charge in [0.1, 0.15) is 5.82 Å². The molecule has 0 spiro atoms. The predicted octanol–water partition coefficient (Wildman–Crippen LogP) is 3.92. The first kappa shape index (κ1) is 16.2. The van der Waals surface area contributed by atoms with E-state index in [0.29, 0.717) is 6.04 Å². The van der Waals surface area contributed by atoms with Crippen LogP contribution in [0.2, 0.25) is 0 Å². The van der Waals surface area contributed by atoms with E-state index in [1.807, 2.05) is 12.1 Å². The highest BCUT2D eigenvalue weighted by atomic mass is 19.1. The first-order chi connectivity index (χ1) is 11.2. The lowest BCUT2D eigenvalue weighted by molar-refractivity contribution is 0.118. The molecule has 0 bridgehead atoms. The Bertz CT molecular complexity index is 606. The van der Waals surface area contributed by atoms with Gasteiger partial charge in [-0.3, -0.25) is 9.80 Å². The Labute approximate surface area is 138 Å². The van der Waals surface area contributed by atoms with Gasteiger partial charge in [-0.05, 0) is 44.6 Å². The van der Waals surface area contributed by atoms with Crippen molar-refractivity contribution < 1.29 is 4.39 Å². The van der Waals surface area contributed by atoms with E-state index in [2.05, 4.69) is 47.2 Å². The zero-order chi connectivity index (χ0) is 16.1. The second kappa shape index (κ2) is 7.71. The number of benzene rings is 2. The van der Waals surface area contributed by atoms with E-state index in [-0.39, 0.29) is 5.82 Å². The normalized spacial score (nSPS) is 16.8. The Kier molecular flexibility index (Phi) is 5.42. The number of halogens is 1. The van der Waals surface area contributed by atoms with Gasteiger partial charge in [0.25, 0.3) is 0 Å². The van der Waals surface area contributed by atoms with E-state index in [0.717, 1.165) is 44.6 Å². The molecule has 3 rings (SSSR count). The summed E-state index contributed by atoms with van der Waals surface area (Å²) >= 11 is 0. The largest absolute Gasteiger partial charge is 0.299 e. The Morgan fingerprint density at radius 1 is 1.00 bits per heavy atom. The molecule has 1 saturated heterocycles. The fraction of sp³-hybridized carbons (Fsp3) is 0.400. The molecule has 0 N–H and O–H groups in total. The molecule has 23 heavy (non-hydrogen) atoms. The monoisotopic (exact) mass is 312 g/mol. The van der Waals surface area contributed by atoms with E-state index in [1.54, 1.807) is 12.1 Å². The minimum Gasteiger partial charge on any atom is -0.299 e. The molecule has 1 aliphatic heterocycles. The fourth-order valence-electron chi connectivity index (χ4n) is 3.39. The molecular weight excluding hydrogens is 287 g/mol. The number of likely N-dealkylation sites (tertiary alicyclic amines) is 1. The number of piperidine rings is 1. The molecule has 2 aromatic carbocycles. The van der Waals surface area contributed by atoms with E-state index in [4.69, 9.17) is 0 Å². The van der Waals surface area contributed by atoms with Crippen molar-refractivity contribution in [3.05, 3.63) is 71.5 Å². The maximum Gasteiger partial charge on any atom is 0.127 e. The van der Waals surface area contributed by atoms with E-state index in [9.17, 15) is 4.39 Å². The molecule has 2 aromatic rings. The number of hydrogen-bond acceptors (Lipinski definition) is 2. The Morgan fingerprint density at radius 3 is 2.35 bits per heavy atom. The lowest BCUT2D eigenvalue weighted by Crippen LogP contribution is -2.42. The van der Waals surface area contributed by atoms with Crippen LogP contribution in [0, 0.1) is 5.82 Å². The third-order valence-electron chi connectivity index (χ3n) is 4.81. The van der Waals surface area contributed by atoms with Crippen molar-refractivity contribution in [3.8, 4) is 0 Å². The van der Waals surface area contributed by atoms with Crippen molar-refractivity contribution >= 4 is 0 Å². The molecule has 0 aliphatic carbocycles. The Hall–Kier alpha value is -1.71. The van der Waals surface area contributed by atoms with Crippen molar-refractivity contribution in [2.75, 3.05) is 20.1 Å². The second-order valence-electron chi connectivity index (χ2n) is 6.50. The lowest BCUT2D eigenvalue weighted by atomic mass is 10.0. The van der Waals surface area contributed by atoms with Gasteiger partial charge in [-0.25, -0.2) is 4.39 Å². The zero-order valence-corrected chi connectivity index (χ0v) is 13.8. The van der Waals surface area contributed by atoms with Crippen LogP contribution in [-0.4, -0.2) is 36.0 Å². The van der Waals surface area contributed by atoms with Crippen LogP contribution in [-0.2, 0) is 13.1 Å². The summed E-state index contributed by atoms with van der Waals surface area (Å²) in [6.07, 6.45) is 2.30. The minimum atomic E-state index is -0.0872. The molecule has 0 saturated carbocycles. The number of nitrogens with zero attached hydrogens (tertiary/aromatic N) is 2. The smallest absolute Gasteiger partial charge is 0.127 e. The average molecular weight is 312 g/mol. The van der Waals surface area contributed by atoms with Crippen LogP contribution in [0.1, 0.15) is 24.0 Å². The van der Waals surface area contributed by atoms with Crippen LogP contribution < -0.4 is 0 Å². The van der Waals surface area contributed by atoms with E-state index >= 15 is 0 Å². The van der Waals surface area contributed by atoms with Crippen molar-refractivity contribution in [1.29, 1.82) is 0 Å². The summed E-state index contributed by atoms with van der Waals surface area (Å²) in [5.41, 5.74) is 2.17. The molecule has 1 fully saturated rings. The lowest BCUT2D eigenvalue weighted by Gasteiger charge is -2.36. The van der Waals surface area contributed by atoms with Gasteiger partial charge in [-0.2, -0.15) is 0 Å². The minimum absolute atomic E-state index is 0.0872. The fourth-order valence-corrected chi connectivity index (χ4v) is 3.39. The highest BCUT2D eigenvalue weighted by molar-refractivity contribution is 5.17. The quantitative estimate of drug-likeness (QED) is 0.825. The Morgan fingerprint density at radius 2 is 1.65 bits per heavy atom. The predicted molar refractivity (Wildman–Crippen MR) is 92.6 cm³/mol. The number of hydrogen-bond donors (Lipinski definition) is 0. The first-order valence-corrected chi connectivity index (χ1v) is 8.42. The summed E-state index contributed by atoms with van der Waals surface area (Å²) in [7, 11) is 2.21. The standard InChI is InChI=1S/C20H25FN2/c1-22(15-17-7-3-2-4-8-17)19-11-13-23(14-12-19)16-18-9-5-6-10-20(18)21/h2-10,19H,11-16H2,1H3. The molecule has 0 radical (unpaired) electrons. The molecule has 3 heteroatoms. The van der Waals surface area contributed by atoms with Gasteiger partial charge in [-0.15, -0.1) is 0 Å². The maximum absolute atomic E-state index is 13.8. The highest BCUT2D eigenvalue weighted by Crippen LogP contribution is 2.20. The molecule has 0 aromatic heterocycles. The van der Waals surface area contributed by atoms with Gasteiger partial charge >= 0.3 is 0 Å². The van der Waals surface area contributed by atoms with Gasteiger partial charge in [-0.1, -0.05) is 48.5 Å². The molecule has 1 aliphatic rings. The van der Waals surface area contributed by atoms with Gasteiger partial charge in [0, 0.05) is 24.7 Å². The molecule has 0 unspecified atom stereocenters.